The average Bonchev–Trinajstić information content (AvgIpc) is 2.83. The zero-order chi connectivity index (χ0) is 14.2. The highest BCUT2D eigenvalue weighted by Gasteiger charge is 2.31. The number of nitrogens with one attached hydrogen (secondary N) is 1. The third kappa shape index (κ3) is 3.11. The minimum atomic E-state index is -3.80. The fourth-order valence-electron chi connectivity index (χ4n) is 1.97. The number of nitrogens with two attached hydrogens (primary N) is 1. The molecule has 0 radical (unpaired) electrons. The molecule has 1 fully saturated rings. The lowest BCUT2D eigenvalue weighted by Crippen LogP contribution is -2.27. The van der Waals surface area contributed by atoms with Crippen LogP contribution in [-0.4, -0.2) is 32.0 Å². The maximum absolute atomic E-state index is 12.0. The van der Waals surface area contributed by atoms with Crippen molar-refractivity contribution in [3.05, 3.63) is 5.69 Å². The molecule has 1 amide bonds. The van der Waals surface area contributed by atoms with Gasteiger partial charge < -0.3 is 10.1 Å². The zero-order valence-corrected chi connectivity index (χ0v) is 12.2. The first-order chi connectivity index (χ1) is 8.79. The van der Waals surface area contributed by atoms with Gasteiger partial charge in [0.1, 0.15) is 0 Å². The smallest absolute Gasteiger partial charge is 0.249 e. The topological polar surface area (TPSA) is 111 Å². The number of anilines is 1. The molecule has 1 aliphatic rings. The molecule has 0 aliphatic carbocycles. The molecule has 19 heavy (non-hydrogen) atoms. The molecule has 1 saturated heterocycles. The summed E-state index contributed by atoms with van der Waals surface area (Å²) in [6, 6.07) is 0. The van der Waals surface area contributed by atoms with Gasteiger partial charge in [-0.3, -0.25) is 4.79 Å². The van der Waals surface area contributed by atoms with Gasteiger partial charge in [0, 0.05) is 6.61 Å². The number of hydrogen-bond donors (Lipinski definition) is 2. The number of ether oxygens (including phenoxy) is 1. The Morgan fingerprint density at radius 2 is 2.26 bits per heavy atom. The Kier molecular flexibility index (Phi) is 3.90. The van der Waals surface area contributed by atoms with Gasteiger partial charge in [-0.1, -0.05) is 11.3 Å². The van der Waals surface area contributed by atoms with Crippen molar-refractivity contribution < 1.29 is 17.9 Å². The molecule has 106 valence electrons. The van der Waals surface area contributed by atoms with Crippen LogP contribution in [0, 0.1) is 12.8 Å². The first-order valence-electron chi connectivity index (χ1n) is 5.71. The highest BCUT2D eigenvalue weighted by molar-refractivity contribution is 7.91. The normalized spacial score (nSPS) is 23.5. The second kappa shape index (κ2) is 5.16. The molecular formula is C10H15N3O4S2. The number of hydrogen-bond acceptors (Lipinski definition) is 6. The van der Waals surface area contributed by atoms with E-state index in [1.807, 2.05) is 6.92 Å². The minimum Gasteiger partial charge on any atom is -0.378 e. The van der Waals surface area contributed by atoms with Crippen molar-refractivity contribution in [1.82, 2.24) is 4.98 Å². The largest absolute Gasteiger partial charge is 0.378 e. The first-order valence-corrected chi connectivity index (χ1v) is 8.08. The van der Waals surface area contributed by atoms with Crippen molar-refractivity contribution in [3.63, 3.8) is 0 Å². The van der Waals surface area contributed by atoms with E-state index in [1.165, 1.54) is 6.92 Å². The van der Waals surface area contributed by atoms with Gasteiger partial charge in [-0.2, -0.15) is 0 Å². The maximum atomic E-state index is 12.0. The molecule has 0 saturated carbocycles. The van der Waals surface area contributed by atoms with Crippen LogP contribution in [0.2, 0.25) is 0 Å². The number of rotatable bonds is 3. The standard InChI is InChI=1S/C10H15N3O4S2/c1-5-9(19(11,15)16)18-10(12-5)13-8(14)7-3-4-17-6(7)2/h6-7H,3-4H2,1-2H3,(H2,11,15,16)(H,12,13,14). The van der Waals surface area contributed by atoms with E-state index in [9.17, 15) is 13.2 Å². The van der Waals surface area contributed by atoms with Crippen LogP contribution >= 0.6 is 11.3 Å². The summed E-state index contributed by atoms with van der Waals surface area (Å²) in [7, 11) is -3.80. The van der Waals surface area contributed by atoms with Crippen LogP contribution in [0.15, 0.2) is 4.21 Å². The Bertz CT molecular complexity index is 596. The van der Waals surface area contributed by atoms with E-state index in [0.717, 1.165) is 11.3 Å². The molecule has 2 unspecified atom stereocenters. The molecular weight excluding hydrogens is 290 g/mol. The van der Waals surface area contributed by atoms with Gasteiger partial charge in [0.25, 0.3) is 0 Å². The average molecular weight is 305 g/mol. The van der Waals surface area contributed by atoms with Gasteiger partial charge in [0.05, 0.1) is 17.7 Å². The Morgan fingerprint density at radius 3 is 2.74 bits per heavy atom. The maximum Gasteiger partial charge on any atom is 0.249 e. The SMILES string of the molecule is Cc1nc(NC(=O)C2CCOC2C)sc1S(N)(=O)=O. The lowest BCUT2D eigenvalue weighted by molar-refractivity contribution is -0.121. The quantitative estimate of drug-likeness (QED) is 0.842. The molecule has 9 heteroatoms. The lowest BCUT2D eigenvalue weighted by atomic mass is 10.0. The van der Waals surface area contributed by atoms with E-state index in [-0.39, 0.29) is 27.3 Å². The van der Waals surface area contributed by atoms with E-state index < -0.39 is 10.0 Å². The summed E-state index contributed by atoms with van der Waals surface area (Å²) in [6.45, 7) is 3.92. The number of sulfonamides is 1. The summed E-state index contributed by atoms with van der Waals surface area (Å²) in [6.07, 6.45) is 0.512. The van der Waals surface area contributed by atoms with Gasteiger partial charge in [0.15, 0.2) is 9.34 Å². The highest BCUT2D eigenvalue weighted by atomic mass is 32.2. The number of amides is 1. The van der Waals surface area contributed by atoms with Crippen molar-refractivity contribution in [2.45, 2.75) is 30.6 Å². The van der Waals surface area contributed by atoms with E-state index >= 15 is 0 Å². The molecule has 1 aliphatic heterocycles. The first kappa shape index (κ1) is 14.4. The van der Waals surface area contributed by atoms with Crippen molar-refractivity contribution in [2.75, 3.05) is 11.9 Å². The van der Waals surface area contributed by atoms with Gasteiger partial charge in [-0.15, -0.1) is 0 Å². The molecule has 0 aromatic carbocycles. The Balaban J connectivity index is 2.14. The van der Waals surface area contributed by atoms with Crippen LogP contribution in [0.4, 0.5) is 5.13 Å². The lowest BCUT2D eigenvalue weighted by Gasteiger charge is -2.12. The number of carbonyl (C=O) groups excluding carboxylic acids is 1. The molecule has 2 heterocycles. The van der Waals surface area contributed by atoms with Crippen LogP contribution in [-0.2, 0) is 19.6 Å². The highest BCUT2D eigenvalue weighted by Crippen LogP contribution is 2.28. The number of aromatic nitrogens is 1. The van der Waals surface area contributed by atoms with Crippen LogP contribution in [0.1, 0.15) is 19.0 Å². The van der Waals surface area contributed by atoms with E-state index in [2.05, 4.69) is 10.3 Å². The Hall–Kier alpha value is -1.03. The number of nitrogens with zero attached hydrogens (tertiary/aromatic N) is 1. The van der Waals surface area contributed by atoms with Crippen molar-refractivity contribution in [1.29, 1.82) is 0 Å². The summed E-state index contributed by atoms with van der Waals surface area (Å²) in [5, 5.41) is 7.91. The predicted octanol–water partition coefficient (Wildman–Crippen LogP) is 0.462. The summed E-state index contributed by atoms with van der Waals surface area (Å²) >= 11 is 0.858. The van der Waals surface area contributed by atoms with Gasteiger partial charge in [-0.25, -0.2) is 18.5 Å². The molecule has 1 aromatic heterocycles. The summed E-state index contributed by atoms with van der Waals surface area (Å²) in [5.74, 6) is -0.443. The summed E-state index contributed by atoms with van der Waals surface area (Å²) < 4.78 is 27.8. The molecule has 2 rings (SSSR count). The molecule has 2 atom stereocenters. The van der Waals surface area contributed by atoms with Crippen LogP contribution in [0.25, 0.3) is 0 Å². The Labute approximate surface area is 115 Å². The van der Waals surface area contributed by atoms with E-state index in [0.29, 0.717) is 18.7 Å². The van der Waals surface area contributed by atoms with Crippen LogP contribution in [0.5, 0.6) is 0 Å². The number of primary sulfonamides is 1. The third-order valence-corrected chi connectivity index (χ3v) is 5.58. The van der Waals surface area contributed by atoms with Crippen molar-refractivity contribution >= 4 is 32.4 Å². The van der Waals surface area contributed by atoms with Gasteiger partial charge in [0.2, 0.25) is 15.9 Å². The second-order valence-corrected chi connectivity index (χ2v) is 7.15. The molecule has 0 bridgehead atoms. The predicted molar refractivity (Wildman–Crippen MR) is 70.4 cm³/mol. The monoisotopic (exact) mass is 305 g/mol. The van der Waals surface area contributed by atoms with E-state index in [1.54, 1.807) is 0 Å². The van der Waals surface area contributed by atoms with Crippen molar-refractivity contribution in [2.24, 2.45) is 11.1 Å². The number of carbonyl (C=O) groups is 1. The summed E-state index contributed by atoms with van der Waals surface area (Å²) in [5.41, 5.74) is 0.290. The van der Waals surface area contributed by atoms with E-state index in [4.69, 9.17) is 9.88 Å². The number of thiazole rings is 1. The molecule has 3 N–H and O–H groups in total. The van der Waals surface area contributed by atoms with Gasteiger partial charge in [-0.05, 0) is 20.3 Å². The van der Waals surface area contributed by atoms with Crippen LogP contribution < -0.4 is 10.5 Å². The fraction of sp³-hybridized carbons (Fsp3) is 0.600. The Morgan fingerprint density at radius 1 is 1.58 bits per heavy atom. The fourth-order valence-corrected chi connectivity index (χ4v) is 3.84. The second-order valence-electron chi connectivity index (χ2n) is 4.40. The minimum absolute atomic E-state index is 0.0291. The third-order valence-electron chi connectivity index (χ3n) is 2.96. The molecule has 0 spiro atoms. The van der Waals surface area contributed by atoms with Gasteiger partial charge >= 0.3 is 0 Å². The summed E-state index contributed by atoms with van der Waals surface area (Å²) in [4.78, 5) is 16.0. The molecule has 7 nitrogen and oxygen atoms in total. The molecule has 1 aromatic rings. The van der Waals surface area contributed by atoms with Crippen molar-refractivity contribution in [3.8, 4) is 0 Å². The number of aryl methyl sites for hydroxylation is 1. The zero-order valence-electron chi connectivity index (χ0n) is 10.5. The van der Waals surface area contributed by atoms with Crippen LogP contribution in [0.3, 0.4) is 0 Å².